The molecule has 94 valence electrons. The molecule has 1 rings (SSSR count). The van der Waals surface area contributed by atoms with Gasteiger partial charge in [-0.3, -0.25) is 4.79 Å². The monoisotopic (exact) mass is 258 g/mol. The smallest absolute Gasteiger partial charge is 0.163 e. The van der Waals surface area contributed by atoms with Gasteiger partial charge in [0.15, 0.2) is 5.78 Å². The summed E-state index contributed by atoms with van der Waals surface area (Å²) in [5, 5.41) is 10.3. The molecule has 17 heavy (non-hydrogen) atoms. The molecule has 0 saturated carbocycles. The number of rotatable bonds is 6. The van der Waals surface area contributed by atoms with Gasteiger partial charge in [0.1, 0.15) is 5.75 Å². The van der Waals surface area contributed by atoms with E-state index in [1.54, 1.807) is 13.2 Å². The van der Waals surface area contributed by atoms with Crippen molar-refractivity contribution in [1.82, 2.24) is 0 Å². The zero-order valence-corrected chi connectivity index (χ0v) is 10.6. The predicted molar refractivity (Wildman–Crippen MR) is 64.7 cm³/mol. The molecule has 0 unspecified atom stereocenters. The maximum atomic E-state index is 11.3. The SMILES string of the molecule is COCCOCc1cc(Cl)cc(C(C)=O)c1O. The number of benzene rings is 1. The number of hydrogen-bond acceptors (Lipinski definition) is 4. The Kier molecular flexibility index (Phi) is 5.41. The minimum absolute atomic E-state index is 0.0701. The van der Waals surface area contributed by atoms with Gasteiger partial charge < -0.3 is 14.6 Å². The first kappa shape index (κ1) is 14.0. The van der Waals surface area contributed by atoms with E-state index in [1.807, 2.05) is 0 Å². The van der Waals surface area contributed by atoms with Crippen LogP contribution < -0.4 is 0 Å². The highest BCUT2D eigenvalue weighted by Crippen LogP contribution is 2.28. The van der Waals surface area contributed by atoms with Gasteiger partial charge in [0, 0.05) is 17.7 Å². The molecule has 0 heterocycles. The molecule has 0 atom stereocenters. The van der Waals surface area contributed by atoms with Crippen LogP contribution in [0.3, 0.4) is 0 Å². The summed E-state index contributed by atoms with van der Waals surface area (Å²) in [5.74, 6) is -0.303. The van der Waals surface area contributed by atoms with Gasteiger partial charge >= 0.3 is 0 Å². The number of ketones is 1. The third-order valence-electron chi connectivity index (χ3n) is 2.22. The Morgan fingerprint density at radius 2 is 2.12 bits per heavy atom. The standard InChI is InChI=1S/C12H15ClO4/c1-8(14)11-6-10(13)5-9(12(11)15)7-17-4-3-16-2/h5-6,15H,3-4,7H2,1-2H3. The van der Waals surface area contributed by atoms with Crippen molar-refractivity contribution in [2.75, 3.05) is 20.3 Å². The second kappa shape index (κ2) is 6.59. The Hall–Kier alpha value is -1.10. The molecule has 0 bridgehead atoms. The molecular formula is C12H15ClO4. The normalized spacial score (nSPS) is 10.5. The van der Waals surface area contributed by atoms with Crippen LogP contribution in [-0.4, -0.2) is 31.2 Å². The minimum atomic E-state index is -0.233. The highest BCUT2D eigenvalue weighted by molar-refractivity contribution is 6.31. The second-order valence-electron chi connectivity index (χ2n) is 3.56. The van der Waals surface area contributed by atoms with E-state index in [0.29, 0.717) is 23.8 Å². The molecule has 5 heteroatoms. The van der Waals surface area contributed by atoms with Crippen LogP contribution in [-0.2, 0) is 16.1 Å². The van der Waals surface area contributed by atoms with E-state index in [1.165, 1.54) is 13.0 Å². The van der Waals surface area contributed by atoms with Gasteiger partial charge in [-0.1, -0.05) is 11.6 Å². The molecule has 1 aromatic carbocycles. The van der Waals surface area contributed by atoms with E-state index >= 15 is 0 Å². The predicted octanol–water partition coefficient (Wildman–Crippen LogP) is 2.41. The Bertz CT molecular complexity index is 404. The third-order valence-corrected chi connectivity index (χ3v) is 2.44. The van der Waals surface area contributed by atoms with Crippen LogP contribution >= 0.6 is 11.6 Å². The highest BCUT2D eigenvalue weighted by atomic mass is 35.5. The third kappa shape index (κ3) is 4.00. The van der Waals surface area contributed by atoms with Crippen LogP contribution in [0.5, 0.6) is 5.75 Å². The molecule has 1 N–H and O–H groups in total. The highest BCUT2D eigenvalue weighted by Gasteiger charge is 2.12. The number of hydrogen-bond donors (Lipinski definition) is 1. The lowest BCUT2D eigenvalue weighted by Gasteiger charge is -2.09. The van der Waals surface area contributed by atoms with Gasteiger partial charge in [0.05, 0.1) is 25.4 Å². The topological polar surface area (TPSA) is 55.8 Å². The fourth-order valence-corrected chi connectivity index (χ4v) is 1.60. The maximum Gasteiger partial charge on any atom is 0.163 e. The lowest BCUT2D eigenvalue weighted by atomic mass is 10.1. The van der Waals surface area contributed by atoms with E-state index in [9.17, 15) is 9.90 Å². The first-order chi connectivity index (χ1) is 8.06. The summed E-state index contributed by atoms with van der Waals surface area (Å²) in [7, 11) is 1.58. The van der Waals surface area contributed by atoms with Crippen molar-refractivity contribution in [3.63, 3.8) is 0 Å². The van der Waals surface area contributed by atoms with Crippen molar-refractivity contribution in [2.24, 2.45) is 0 Å². The number of halogens is 1. The maximum absolute atomic E-state index is 11.3. The largest absolute Gasteiger partial charge is 0.507 e. The van der Waals surface area contributed by atoms with E-state index in [0.717, 1.165) is 0 Å². The summed E-state index contributed by atoms with van der Waals surface area (Å²) >= 11 is 5.86. The van der Waals surface area contributed by atoms with Crippen LogP contribution in [0, 0.1) is 0 Å². The summed E-state index contributed by atoms with van der Waals surface area (Å²) in [4.78, 5) is 11.3. The van der Waals surface area contributed by atoms with Gasteiger partial charge in [0.2, 0.25) is 0 Å². The molecule has 0 saturated heterocycles. The van der Waals surface area contributed by atoms with Crippen LogP contribution in [0.1, 0.15) is 22.8 Å². The van der Waals surface area contributed by atoms with Crippen molar-refractivity contribution in [3.8, 4) is 5.75 Å². The van der Waals surface area contributed by atoms with Crippen molar-refractivity contribution in [1.29, 1.82) is 0 Å². The fourth-order valence-electron chi connectivity index (χ4n) is 1.36. The summed E-state index contributed by atoms with van der Waals surface area (Å²) in [6, 6.07) is 3.02. The lowest BCUT2D eigenvalue weighted by molar-refractivity contribution is 0.0607. The van der Waals surface area contributed by atoms with Crippen molar-refractivity contribution >= 4 is 17.4 Å². The molecule has 0 aliphatic carbocycles. The number of aromatic hydroxyl groups is 1. The number of phenolic OH excluding ortho intramolecular Hbond substituents is 1. The number of phenols is 1. The Balaban J connectivity index is 2.81. The van der Waals surface area contributed by atoms with Gasteiger partial charge in [0.25, 0.3) is 0 Å². The summed E-state index contributed by atoms with van der Waals surface area (Å²) in [6.45, 7) is 2.45. The first-order valence-corrected chi connectivity index (χ1v) is 5.53. The fraction of sp³-hybridized carbons (Fsp3) is 0.417. The molecule has 0 spiro atoms. The molecule has 0 aliphatic heterocycles. The van der Waals surface area contributed by atoms with Gasteiger partial charge in [-0.05, 0) is 19.1 Å². The molecule has 4 nitrogen and oxygen atoms in total. The van der Waals surface area contributed by atoms with Gasteiger partial charge in [-0.15, -0.1) is 0 Å². The molecule has 0 radical (unpaired) electrons. The number of ether oxygens (including phenoxy) is 2. The number of carbonyl (C=O) groups is 1. The molecule has 0 fully saturated rings. The number of Topliss-reactive ketones (excluding diaryl/α,β-unsaturated/α-hetero) is 1. The summed E-state index contributed by atoms with van der Waals surface area (Å²) < 4.78 is 10.1. The molecule has 0 aliphatic rings. The number of carbonyl (C=O) groups excluding carboxylic acids is 1. The van der Waals surface area contributed by atoms with E-state index in [4.69, 9.17) is 21.1 Å². The van der Waals surface area contributed by atoms with E-state index < -0.39 is 0 Å². The average Bonchev–Trinajstić information content (AvgIpc) is 2.28. The first-order valence-electron chi connectivity index (χ1n) is 5.15. The molecular weight excluding hydrogens is 244 g/mol. The van der Waals surface area contributed by atoms with Crippen molar-refractivity contribution in [2.45, 2.75) is 13.5 Å². The van der Waals surface area contributed by atoms with Crippen molar-refractivity contribution in [3.05, 3.63) is 28.3 Å². The Morgan fingerprint density at radius 3 is 2.71 bits per heavy atom. The zero-order chi connectivity index (χ0) is 12.8. The number of methoxy groups -OCH3 is 1. The van der Waals surface area contributed by atoms with Gasteiger partial charge in [-0.2, -0.15) is 0 Å². The lowest BCUT2D eigenvalue weighted by Crippen LogP contribution is -2.03. The van der Waals surface area contributed by atoms with Crippen LogP contribution in [0.25, 0.3) is 0 Å². The quantitative estimate of drug-likeness (QED) is 0.629. The second-order valence-corrected chi connectivity index (χ2v) is 4.00. The molecule has 0 amide bonds. The Labute approximate surface area is 105 Å². The molecule has 0 aromatic heterocycles. The van der Waals surface area contributed by atoms with Gasteiger partial charge in [-0.25, -0.2) is 0 Å². The summed E-state index contributed by atoms with van der Waals surface area (Å²) in [6.07, 6.45) is 0. The van der Waals surface area contributed by atoms with Crippen LogP contribution in [0.4, 0.5) is 0 Å². The molecule has 1 aromatic rings. The van der Waals surface area contributed by atoms with Crippen LogP contribution in [0.15, 0.2) is 12.1 Å². The zero-order valence-electron chi connectivity index (χ0n) is 9.83. The van der Waals surface area contributed by atoms with Crippen LogP contribution in [0.2, 0.25) is 5.02 Å². The van der Waals surface area contributed by atoms with E-state index in [2.05, 4.69) is 0 Å². The van der Waals surface area contributed by atoms with Crippen molar-refractivity contribution < 1.29 is 19.4 Å². The average molecular weight is 259 g/mol. The Morgan fingerprint density at radius 1 is 1.41 bits per heavy atom. The summed E-state index contributed by atoms with van der Waals surface area (Å²) in [5.41, 5.74) is 0.710. The minimum Gasteiger partial charge on any atom is -0.507 e. The van der Waals surface area contributed by atoms with E-state index in [-0.39, 0.29) is 23.7 Å².